The normalized spacial score (nSPS) is 15.0. The van der Waals surface area contributed by atoms with Crippen LogP contribution in [-0.2, 0) is 11.2 Å². The predicted octanol–water partition coefficient (Wildman–Crippen LogP) is 2.29. The monoisotopic (exact) mass is 313 g/mol. The molecular weight excluding hydrogens is 290 g/mol. The molecule has 0 aliphatic heterocycles. The minimum atomic E-state index is -0.288. The molecule has 0 unspecified atom stereocenters. The van der Waals surface area contributed by atoms with Crippen molar-refractivity contribution in [3.63, 3.8) is 0 Å². The summed E-state index contributed by atoms with van der Waals surface area (Å²) >= 11 is 0. The molecule has 2 N–H and O–H groups in total. The lowest BCUT2D eigenvalue weighted by atomic mass is 10.1. The molecule has 0 saturated heterocycles. The number of carbonyl (C=O) groups excluding carboxylic acids is 1. The molecule has 122 valence electrons. The lowest BCUT2D eigenvalue weighted by molar-refractivity contribution is -0.117. The lowest BCUT2D eigenvalue weighted by Gasteiger charge is -2.11. The van der Waals surface area contributed by atoms with Gasteiger partial charge in [-0.1, -0.05) is 31.0 Å². The van der Waals surface area contributed by atoms with Gasteiger partial charge in [0.1, 0.15) is 17.4 Å². The lowest BCUT2D eigenvalue weighted by Crippen LogP contribution is -2.34. The van der Waals surface area contributed by atoms with E-state index in [0.29, 0.717) is 6.54 Å². The third kappa shape index (κ3) is 5.03. The van der Waals surface area contributed by atoms with Gasteiger partial charge in [0.05, 0.1) is 7.11 Å². The highest BCUT2D eigenvalue weighted by molar-refractivity contribution is 5.97. The highest BCUT2D eigenvalue weighted by Crippen LogP contribution is 2.18. The Kier molecular flexibility index (Phi) is 6.49. The molecule has 2 rings (SSSR count). The van der Waals surface area contributed by atoms with Crippen molar-refractivity contribution in [1.82, 2.24) is 10.6 Å². The molecule has 1 aromatic rings. The maximum atomic E-state index is 12.0. The molecule has 1 fully saturated rings. The number of nitrogens with one attached hydrogen (secondary N) is 2. The number of hydrogen-bond acceptors (Lipinski definition) is 4. The van der Waals surface area contributed by atoms with Crippen LogP contribution in [-0.4, -0.2) is 25.6 Å². The SMILES string of the molecule is COc1ccccc1CCN/C=C(/C#N)C(=O)NC1CCCC1. The van der Waals surface area contributed by atoms with Gasteiger partial charge in [0.15, 0.2) is 0 Å². The van der Waals surface area contributed by atoms with Gasteiger partial charge in [0, 0.05) is 18.8 Å². The maximum absolute atomic E-state index is 12.0. The van der Waals surface area contributed by atoms with Crippen molar-refractivity contribution in [2.75, 3.05) is 13.7 Å². The number of methoxy groups -OCH3 is 1. The summed E-state index contributed by atoms with van der Waals surface area (Å²) in [4.78, 5) is 12.0. The maximum Gasteiger partial charge on any atom is 0.263 e. The topological polar surface area (TPSA) is 74.1 Å². The van der Waals surface area contributed by atoms with Crippen molar-refractivity contribution in [3.8, 4) is 11.8 Å². The van der Waals surface area contributed by atoms with Crippen LogP contribution in [0.1, 0.15) is 31.2 Å². The van der Waals surface area contributed by atoms with Crippen molar-refractivity contribution in [2.45, 2.75) is 38.1 Å². The van der Waals surface area contributed by atoms with Gasteiger partial charge in [-0.05, 0) is 30.9 Å². The standard InChI is InChI=1S/C18H23N3O2/c1-23-17-9-5-2-6-14(17)10-11-20-13-15(12-19)18(22)21-16-7-3-4-8-16/h2,5-6,9,13,16,20H,3-4,7-8,10-11H2,1H3,(H,21,22)/b15-13-. The largest absolute Gasteiger partial charge is 0.496 e. The van der Waals surface area contributed by atoms with Crippen LogP contribution in [0, 0.1) is 11.3 Å². The number of carbonyl (C=O) groups is 1. The average molecular weight is 313 g/mol. The Morgan fingerprint density at radius 2 is 2.13 bits per heavy atom. The molecule has 23 heavy (non-hydrogen) atoms. The second kappa shape index (κ2) is 8.84. The van der Waals surface area contributed by atoms with Crippen LogP contribution in [0.4, 0.5) is 0 Å². The molecule has 0 atom stereocenters. The molecule has 0 heterocycles. The third-order valence-corrected chi connectivity index (χ3v) is 4.03. The van der Waals surface area contributed by atoms with Crippen LogP contribution in [0.3, 0.4) is 0 Å². The van der Waals surface area contributed by atoms with Gasteiger partial charge in [-0.25, -0.2) is 0 Å². The van der Waals surface area contributed by atoms with Gasteiger partial charge < -0.3 is 15.4 Å². The van der Waals surface area contributed by atoms with E-state index in [1.807, 2.05) is 30.3 Å². The summed E-state index contributed by atoms with van der Waals surface area (Å²) in [6.45, 7) is 0.627. The number of ether oxygens (including phenoxy) is 1. The van der Waals surface area contributed by atoms with Gasteiger partial charge >= 0.3 is 0 Å². The summed E-state index contributed by atoms with van der Waals surface area (Å²) in [6.07, 6.45) is 6.56. The molecule has 5 heteroatoms. The molecule has 1 saturated carbocycles. The summed E-state index contributed by atoms with van der Waals surface area (Å²) in [5.74, 6) is 0.557. The molecule has 0 radical (unpaired) electrons. The summed E-state index contributed by atoms with van der Waals surface area (Å²) in [7, 11) is 1.65. The van der Waals surface area contributed by atoms with Crippen LogP contribution in [0.15, 0.2) is 36.0 Å². The number of hydrogen-bond donors (Lipinski definition) is 2. The van der Waals surface area contributed by atoms with E-state index in [-0.39, 0.29) is 17.5 Å². The van der Waals surface area contributed by atoms with Crippen LogP contribution >= 0.6 is 0 Å². The van der Waals surface area contributed by atoms with Crippen LogP contribution in [0.5, 0.6) is 5.75 Å². The van der Waals surface area contributed by atoms with Crippen molar-refractivity contribution >= 4 is 5.91 Å². The molecule has 5 nitrogen and oxygen atoms in total. The quantitative estimate of drug-likeness (QED) is 0.460. The first-order valence-corrected chi connectivity index (χ1v) is 8.01. The van der Waals surface area contributed by atoms with Gasteiger partial charge in [-0.15, -0.1) is 0 Å². The van der Waals surface area contributed by atoms with Crippen LogP contribution in [0.2, 0.25) is 0 Å². The third-order valence-electron chi connectivity index (χ3n) is 4.03. The molecule has 0 spiro atoms. The molecule has 0 aromatic heterocycles. The van der Waals surface area contributed by atoms with E-state index < -0.39 is 0 Å². The minimum Gasteiger partial charge on any atom is -0.496 e. The van der Waals surface area contributed by atoms with E-state index in [1.165, 1.54) is 6.20 Å². The molecule has 0 bridgehead atoms. The second-order valence-electron chi connectivity index (χ2n) is 5.64. The zero-order valence-electron chi connectivity index (χ0n) is 13.5. The van der Waals surface area contributed by atoms with Gasteiger partial charge in [-0.3, -0.25) is 4.79 Å². The number of rotatable bonds is 7. The van der Waals surface area contributed by atoms with E-state index in [0.717, 1.165) is 43.4 Å². The summed E-state index contributed by atoms with van der Waals surface area (Å²) in [5, 5.41) is 15.1. The number of nitrogens with zero attached hydrogens (tertiary/aromatic N) is 1. The number of nitriles is 1. The predicted molar refractivity (Wildman–Crippen MR) is 88.8 cm³/mol. The van der Waals surface area contributed by atoms with Crippen LogP contribution in [0.25, 0.3) is 0 Å². The molecule has 1 amide bonds. The summed E-state index contributed by atoms with van der Waals surface area (Å²) < 4.78 is 5.30. The highest BCUT2D eigenvalue weighted by Gasteiger charge is 2.19. The van der Waals surface area contributed by atoms with Crippen molar-refractivity contribution in [1.29, 1.82) is 5.26 Å². The fraction of sp³-hybridized carbons (Fsp3) is 0.444. The Morgan fingerprint density at radius 1 is 1.39 bits per heavy atom. The van der Waals surface area contributed by atoms with Crippen molar-refractivity contribution < 1.29 is 9.53 Å². The molecule has 1 aliphatic rings. The fourth-order valence-electron chi connectivity index (χ4n) is 2.77. The summed E-state index contributed by atoms with van der Waals surface area (Å²) in [5.41, 5.74) is 1.21. The minimum absolute atomic E-state index is 0.122. The van der Waals surface area contributed by atoms with E-state index in [1.54, 1.807) is 7.11 Å². The van der Waals surface area contributed by atoms with Gasteiger partial charge in [0.25, 0.3) is 5.91 Å². The zero-order chi connectivity index (χ0) is 16.5. The van der Waals surface area contributed by atoms with E-state index in [9.17, 15) is 4.79 Å². The number of para-hydroxylation sites is 1. The van der Waals surface area contributed by atoms with Crippen LogP contribution < -0.4 is 15.4 Å². The Hall–Kier alpha value is -2.48. The first kappa shape index (κ1) is 16.9. The molecular formula is C18H23N3O2. The Balaban J connectivity index is 1.82. The molecule has 1 aliphatic carbocycles. The smallest absolute Gasteiger partial charge is 0.263 e. The Morgan fingerprint density at radius 3 is 2.83 bits per heavy atom. The van der Waals surface area contributed by atoms with E-state index in [2.05, 4.69) is 10.6 Å². The van der Waals surface area contributed by atoms with Gasteiger partial charge in [-0.2, -0.15) is 5.26 Å². The van der Waals surface area contributed by atoms with Gasteiger partial charge in [0.2, 0.25) is 0 Å². The van der Waals surface area contributed by atoms with E-state index >= 15 is 0 Å². The van der Waals surface area contributed by atoms with Crippen molar-refractivity contribution in [3.05, 3.63) is 41.6 Å². The van der Waals surface area contributed by atoms with Crippen molar-refractivity contribution in [2.24, 2.45) is 0 Å². The molecule has 1 aromatic carbocycles. The first-order chi connectivity index (χ1) is 11.2. The van der Waals surface area contributed by atoms with E-state index in [4.69, 9.17) is 10.00 Å². The first-order valence-electron chi connectivity index (χ1n) is 8.01. The number of benzene rings is 1. The highest BCUT2D eigenvalue weighted by atomic mass is 16.5. The Bertz CT molecular complexity index is 599. The Labute approximate surface area is 137 Å². The fourth-order valence-corrected chi connectivity index (χ4v) is 2.77. The second-order valence-corrected chi connectivity index (χ2v) is 5.64. The average Bonchev–Trinajstić information content (AvgIpc) is 3.08. The zero-order valence-corrected chi connectivity index (χ0v) is 13.5. The summed E-state index contributed by atoms with van der Waals surface area (Å²) in [6, 6.07) is 9.98. The number of amides is 1.